The zero-order chi connectivity index (χ0) is 10.9. The number of hydrogen-bond donors (Lipinski definition) is 1. The summed E-state index contributed by atoms with van der Waals surface area (Å²) < 4.78 is 0. The maximum Gasteiger partial charge on any atom is 0.0354 e. The van der Waals surface area contributed by atoms with E-state index in [2.05, 4.69) is 18.9 Å². The molecule has 0 aromatic carbocycles. The SMILES string of the molecule is CCC(CN)(C1CC1)N(C)CC1CCC1. The Balaban J connectivity index is 1.95. The summed E-state index contributed by atoms with van der Waals surface area (Å²) in [6, 6.07) is 0. The van der Waals surface area contributed by atoms with Crippen LogP contribution < -0.4 is 5.73 Å². The van der Waals surface area contributed by atoms with E-state index in [0.717, 1.165) is 18.4 Å². The van der Waals surface area contributed by atoms with Gasteiger partial charge in [0.15, 0.2) is 0 Å². The molecule has 2 saturated carbocycles. The lowest BCUT2D eigenvalue weighted by Gasteiger charge is -2.44. The molecule has 0 aliphatic heterocycles. The van der Waals surface area contributed by atoms with Crippen LogP contribution in [0.4, 0.5) is 0 Å². The van der Waals surface area contributed by atoms with Gasteiger partial charge >= 0.3 is 0 Å². The average Bonchev–Trinajstić information content (AvgIpc) is 2.98. The normalized spacial score (nSPS) is 26.4. The first-order chi connectivity index (χ1) is 7.23. The van der Waals surface area contributed by atoms with Crippen LogP contribution in [0.15, 0.2) is 0 Å². The van der Waals surface area contributed by atoms with E-state index in [0.29, 0.717) is 5.54 Å². The molecule has 2 N–H and O–H groups in total. The van der Waals surface area contributed by atoms with Gasteiger partial charge in [-0.05, 0) is 51.0 Å². The van der Waals surface area contributed by atoms with E-state index in [1.807, 2.05) is 0 Å². The Hall–Kier alpha value is -0.0800. The summed E-state index contributed by atoms with van der Waals surface area (Å²) in [6.07, 6.45) is 8.36. The van der Waals surface area contributed by atoms with Crippen LogP contribution in [0.2, 0.25) is 0 Å². The molecule has 2 rings (SSSR count). The van der Waals surface area contributed by atoms with Gasteiger partial charge in [0.2, 0.25) is 0 Å². The highest BCUT2D eigenvalue weighted by Gasteiger charge is 2.46. The second-order valence-electron chi connectivity index (χ2n) is 5.61. The zero-order valence-electron chi connectivity index (χ0n) is 10.3. The third kappa shape index (κ3) is 2.07. The minimum Gasteiger partial charge on any atom is -0.329 e. The number of rotatable bonds is 6. The van der Waals surface area contributed by atoms with Gasteiger partial charge in [0.05, 0.1) is 0 Å². The third-order valence-corrected chi connectivity index (χ3v) is 4.82. The average molecular weight is 210 g/mol. The van der Waals surface area contributed by atoms with Gasteiger partial charge in [-0.15, -0.1) is 0 Å². The summed E-state index contributed by atoms with van der Waals surface area (Å²) >= 11 is 0. The molecule has 0 bridgehead atoms. The van der Waals surface area contributed by atoms with Crippen molar-refractivity contribution in [2.45, 2.75) is 51.0 Å². The summed E-state index contributed by atoms with van der Waals surface area (Å²) in [6.45, 7) is 4.43. The molecule has 15 heavy (non-hydrogen) atoms. The fourth-order valence-corrected chi connectivity index (χ4v) is 3.20. The van der Waals surface area contributed by atoms with Crippen LogP contribution in [0.25, 0.3) is 0 Å². The molecule has 0 saturated heterocycles. The molecule has 2 nitrogen and oxygen atoms in total. The zero-order valence-corrected chi connectivity index (χ0v) is 10.3. The van der Waals surface area contributed by atoms with E-state index in [1.165, 1.54) is 45.1 Å². The van der Waals surface area contributed by atoms with E-state index in [4.69, 9.17) is 5.73 Å². The third-order valence-electron chi connectivity index (χ3n) is 4.82. The topological polar surface area (TPSA) is 29.3 Å². The molecule has 1 atom stereocenters. The predicted octanol–water partition coefficient (Wildman–Crippen LogP) is 2.24. The fraction of sp³-hybridized carbons (Fsp3) is 1.00. The molecule has 0 heterocycles. The number of likely N-dealkylation sites (N-methyl/N-ethyl adjacent to an activating group) is 1. The Morgan fingerprint density at radius 3 is 2.27 bits per heavy atom. The Morgan fingerprint density at radius 2 is 1.93 bits per heavy atom. The van der Waals surface area contributed by atoms with Crippen molar-refractivity contribution < 1.29 is 0 Å². The first-order valence-electron chi connectivity index (χ1n) is 6.64. The van der Waals surface area contributed by atoms with E-state index >= 15 is 0 Å². The molecule has 2 aliphatic rings. The molecule has 0 aromatic heterocycles. The standard InChI is InChI=1S/C13H26N2/c1-3-13(10-14,12-7-8-12)15(2)9-11-5-4-6-11/h11-12H,3-10,14H2,1-2H3. The Labute approximate surface area is 94.2 Å². The van der Waals surface area contributed by atoms with Gasteiger partial charge in [-0.25, -0.2) is 0 Å². The second-order valence-corrected chi connectivity index (χ2v) is 5.61. The van der Waals surface area contributed by atoms with E-state index in [1.54, 1.807) is 0 Å². The van der Waals surface area contributed by atoms with Crippen LogP contribution in [0.1, 0.15) is 45.4 Å². The van der Waals surface area contributed by atoms with E-state index < -0.39 is 0 Å². The van der Waals surface area contributed by atoms with Crippen molar-refractivity contribution in [3.8, 4) is 0 Å². The maximum absolute atomic E-state index is 6.05. The maximum atomic E-state index is 6.05. The van der Waals surface area contributed by atoms with Gasteiger partial charge in [0.25, 0.3) is 0 Å². The van der Waals surface area contributed by atoms with Crippen LogP contribution in [0, 0.1) is 11.8 Å². The van der Waals surface area contributed by atoms with E-state index in [9.17, 15) is 0 Å². The van der Waals surface area contributed by atoms with Gasteiger partial charge in [-0.3, -0.25) is 4.90 Å². The number of hydrogen-bond acceptors (Lipinski definition) is 2. The van der Waals surface area contributed by atoms with Crippen molar-refractivity contribution in [1.82, 2.24) is 4.90 Å². The molecule has 0 amide bonds. The molecule has 0 radical (unpaired) electrons. The van der Waals surface area contributed by atoms with Crippen LogP contribution in [-0.4, -0.2) is 30.6 Å². The summed E-state index contributed by atoms with van der Waals surface area (Å²) in [4.78, 5) is 2.59. The van der Waals surface area contributed by atoms with Crippen LogP contribution >= 0.6 is 0 Å². The monoisotopic (exact) mass is 210 g/mol. The summed E-state index contributed by atoms with van der Waals surface area (Å²) in [5, 5.41) is 0. The summed E-state index contributed by atoms with van der Waals surface area (Å²) in [5.41, 5.74) is 6.38. The Morgan fingerprint density at radius 1 is 1.27 bits per heavy atom. The minimum absolute atomic E-state index is 0.329. The lowest BCUT2D eigenvalue weighted by molar-refractivity contribution is 0.0632. The molecule has 2 fully saturated rings. The fourth-order valence-electron chi connectivity index (χ4n) is 3.20. The molecule has 0 spiro atoms. The lowest BCUT2D eigenvalue weighted by atomic mass is 9.82. The van der Waals surface area contributed by atoms with Crippen molar-refractivity contribution in [3.63, 3.8) is 0 Å². The molecular weight excluding hydrogens is 184 g/mol. The summed E-state index contributed by atoms with van der Waals surface area (Å²) in [5.74, 6) is 1.85. The first kappa shape index (κ1) is 11.4. The lowest BCUT2D eigenvalue weighted by Crippen LogP contribution is -2.55. The van der Waals surface area contributed by atoms with Crippen molar-refractivity contribution in [2.75, 3.05) is 20.1 Å². The predicted molar refractivity (Wildman–Crippen MR) is 64.8 cm³/mol. The quantitative estimate of drug-likeness (QED) is 0.728. The van der Waals surface area contributed by atoms with Crippen molar-refractivity contribution in [3.05, 3.63) is 0 Å². The number of nitrogens with two attached hydrogens (primary N) is 1. The molecule has 2 aliphatic carbocycles. The van der Waals surface area contributed by atoms with Gasteiger partial charge in [0, 0.05) is 18.6 Å². The largest absolute Gasteiger partial charge is 0.329 e. The molecule has 88 valence electrons. The number of nitrogens with zero attached hydrogens (tertiary/aromatic N) is 1. The Kier molecular flexibility index (Phi) is 3.36. The van der Waals surface area contributed by atoms with Crippen LogP contribution in [0.5, 0.6) is 0 Å². The van der Waals surface area contributed by atoms with Crippen LogP contribution in [-0.2, 0) is 0 Å². The van der Waals surface area contributed by atoms with E-state index in [-0.39, 0.29) is 0 Å². The molecule has 1 unspecified atom stereocenters. The highest BCUT2D eigenvalue weighted by molar-refractivity contribution is 5.02. The Bertz CT molecular complexity index is 203. The van der Waals surface area contributed by atoms with Crippen LogP contribution in [0.3, 0.4) is 0 Å². The van der Waals surface area contributed by atoms with Gasteiger partial charge in [0.1, 0.15) is 0 Å². The first-order valence-corrected chi connectivity index (χ1v) is 6.64. The van der Waals surface area contributed by atoms with Gasteiger partial charge in [-0.1, -0.05) is 13.3 Å². The highest BCUT2D eigenvalue weighted by Crippen LogP contribution is 2.45. The molecule has 2 heteroatoms. The van der Waals surface area contributed by atoms with Gasteiger partial charge < -0.3 is 5.73 Å². The smallest absolute Gasteiger partial charge is 0.0354 e. The minimum atomic E-state index is 0.329. The molecule has 0 aromatic rings. The van der Waals surface area contributed by atoms with Gasteiger partial charge in [-0.2, -0.15) is 0 Å². The second kappa shape index (κ2) is 4.42. The van der Waals surface area contributed by atoms with Crippen molar-refractivity contribution in [2.24, 2.45) is 17.6 Å². The van der Waals surface area contributed by atoms with Crippen molar-refractivity contribution >= 4 is 0 Å². The van der Waals surface area contributed by atoms with Crippen molar-refractivity contribution in [1.29, 1.82) is 0 Å². The summed E-state index contributed by atoms with van der Waals surface area (Å²) in [7, 11) is 2.30. The highest BCUT2D eigenvalue weighted by atomic mass is 15.2. The molecular formula is C13H26N2.